The van der Waals surface area contributed by atoms with E-state index in [0.29, 0.717) is 0 Å². The lowest BCUT2D eigenvalue weighted by atomic mass is 9.92. The second-order valence-electron chi connectivity index (χ2n) is 6.01. The molecule has 1 aliphatic rings. The lowest BCUT2D eigenvalue weighted by Gasteiger charge is -2.14. The highest BCUT2D eigenvalue weighted by Gasteiger charge is 2.22. The van der Waals surface area contributed by atoms with Crippen molar-refractivity contribution in [3.05, 3.63) is 69.6 Å². The summed E-state index contributed by atoms with van der Waals surface area (Å²) < 4.78 is 13.9. The fraction of sp³-hybridized carbons (Fsp3) is 0.0476. The summed E-state index contributed by atoms with van der Waals surface area (Å²) in [6, 6.07) is 20.9. The van der Waals surface area contributed by atoms with Crippen LogP contribution < -0.4 is 9.47 Å². The van der Waals surface area contributed by atoms with Gasteiger partial charge in [0.2, 0.25) is 6.79 Å². The third-order valence-electron chi connectivity index (χ3n) is 4.57. The van der Waals surface area contributed by atoms with Crippen molar-refractivity contribution in [1.29, 1.82) is 0 Å². The highest BCUT2D eigenvalue weighted by atomic mass is 79.9. The Labute approximate surface area is 161 Å². The van der Waals surface area contributed by atoms with Crippen LogP contribution in [0, 0.1) is 0 Å². The van der Waals surface area contributed by atoms with Gasteiger partial charge in [-0.1, -0.05) is 56.1 Å². The zero-order chi connectivity index (χ0) is 17.0. The molecule has 2 nitrogen and oxygen atoms in total. The third kappa shape index (κ3) is 2.43. The maximum absolute atomic E-state index is 5.91. The first-order chi connectivity index (χ1) is 12.2. The van der Waals surface area contributed by atoms with Crippen LogP contribution in [0.1, 0.15) is 0 Å². The molecule has 0 saturated carbocycles. The van der Waals surface area contributed by atoms with Gasteiger partial charge in [-0.15, -0.1) is 0 Å². The first kappa shape index (κ1) is 15.2. The molecule has 0 aromatic heterocycles. The van der Waals surface area contributed by atoms with Crippen molar-refractivity contribution in [2.75, 3.05) is 6.79 Å². The Morgan fingerprint density at radius 2 is 1.04 bits per heavy atom. The molecule has 1 heterocycles. The minimum absolute atomic E-state index is 0.207. The van der Waals surface area contributed by atoms with Crippen molar-refractivity contribution in [3.8, 4) is 22.6 Å². The van der Waals surface area contributed by atoms with Crippen LogP contribution in [-0.2, 0) is 0 Å². The molecule has 0 radical (unpaired) electrons. The van der Waals surface area contributed by atoms with Crippen molar-refractivity contribution in [3.63, 3.8) is 0 Å². The average molecular weight is 456 g/mol. The van der Waals surface area contributed by atoms with Crippen LogP contribution in [0.2, 0.25) is 0 Å². The van der Waals surface area contributed by atoms with E-state index in [0.717, 1.165) is 42.3 Å². The fourth-order valence-corrected chi connectivity index (χ4v) is 4.18. The molecule has 0 unspecified atom stereocenters. The van der Waals surface area contributed by atoms with Gasteiger partial charge < -0.3 is 9.47 Å². The van der Waals surface area contributed by atoms with Gasteiger partial charge in [0.1, 0.15) is 11.5 Å². The van der Waals surface area contributed by atoms with Crippen molar-refractivity contribution in [2.24, 2.45) is 0 Å². The molecule has 0 bridgehead atoms. The van der Waals surface area contributed by atoms with Gasteiger partial charge in [-0.2, -0.15) is 0 Å². The molecule has 4 heteroatoms. The van der Waals surface area contributed by atoms with Gasteiger partial charge in [0, 0.05) is 20.1 Å². The molecule has 5 rings (SSSR count). The summed E-state index contributed by atoms with van der Waals surface area (Å²) >= 11 is 7.20. The van der Waals surface area contributed by atoms with Gasteiger partial charge in [0.25, 0.3) is 0 Å². The molecule has 122 valence electrons. The topological polar surface area (TPSA) is 18.5 Å². The summed E-state index contributed by atoms with van der Waals surface area (Å²) in [4.78, 5) is 0. The van der Waals surface area contributed by atoms with Crippen molar-refractivity contribution in [1.82, 2.24) is 0 Å². The molecule has 0 atom stereocenters. The summed E-state index contributed by atoms with van der Waals surface area (Å²) in [5.74, 6) is 1.69. The SMILES string of the molecule is Brc1ccc2ccc3c(c2c1)-c1c(ccc2ccc(Br)cc12)OCO3. The maximum Gasteiger partial charge on any atom is 0.230 e. The zero-order valence-corrected chi connectivity index (χ0v) is 16.2. The number of fused-ring (bicyclic) bond motifs is 7. The molecule has 0 fully saturated rings. The third-order valence-corrected chi connectivity index (χ3v) is 5.56. The largest absolute Gasteiger partial charge is 0.457 e. The van der Waals surface area contributed by atoms with E-state index in [9.17, 15) is 0 Å². The number of hydrogen-bond acceptors (Lipinski definition) is 2. The van der Waals surface area contributed by atoms with Gasteiger partial charge in [-0.3, -0.25) is 0 Å². The van der Waals surface area contributed by atoms with Crippen LogP contribution in [-0.4, -0.2) is 6.79 Å². The molecule has 4 aromatic carbocycles. The minimum atomic E-state index is 0.207. The lowest BCUT2D eigenvalue weighted by Crippen LogP contribution is -2.03. The highest BCUT2D eigenvalue weighted by Crippen LogP contribution is 2.47. The van der Waals surface area contributed by atoms with Gasteiger partial charge in [-0.25, -0.2) is 0 Å². The number of benzene rings is 4. The molecule has 0 aliphatic carbocycles. The summed E-state index contributed by atoms with van der Waals surface area (Å²) in [5, 5.41) is 4.63. The minimum Gasteiger partial charge on any atom is -0.457 e. The van der Waals surface area contributed by atoms with E-state index < -0.39 is 0 Å². The second kappa shape index (κ2) is 5.75. The van der Waals surface area contributed by atoms with E-state index in [4.69, 9.17) is 9.47 Å². The van der Waals surface area contributed by atoms with Crippen molar-refractivity contribution in [2.45, 2.75) is 0 Å². The average Bonchev–Trinajstić information content (AvgIpc) is 2.81. The molecule has 0 amide bonds. The van der Waals surface area contributed by atoms with Crippen LogP contribution in [0.4, 0.5) is 0 Å². The molecule has 4 aromatic rings. The number of rotatable bonds is 0. The monoisotopic (exact) mass is 454 g/mol. The van der Waals surface area contributed by atoms with Crippen LogP contribution in [0.25, 0.3) is 32.7 Å². The molecule has 0 N–H and O–H groups in total. The fourth-order valence-electron chi connectivity index (χ4n) is 3.46. The first-order valence-electron chi connectivity index (χ1n) is 7.91. The second-order valence-corrected chi connectivity index (χ2v) is 7.85. The van der Waals surface area contributed by atoms with Crippen LogP contribution in [0.5, 0.6) is 11.5 Å². The zero-order valence-electron chi connectivity index (χ0n) is 13.1. The van der Waals surface area contributed by atoms with Crippen LogP contribution >= 0.6 is 31.9 Å². The van der Waals surface area contributed by atoms with Crippen LogP contribution in [0.3, 0.4) is 0 Å². The summed E-state index contributed by atoms with van der Waals surface area (Å²) in [5.41, 5.74) is 2.16. The van der Waals surface area contributed by atoms with Gasteiger partial charge in [0.15, 0.2) is 0 Å². The smallest absolute Gasteiger partial charge is 0.230 e. The van der Waals surface area contributed by atoms with E-state index >= 15 is 0 Å². The summed E-state index contributed by atoms with van der Waals surface area (Å²) in [6.45, 7) is 0.207. The number of hydrogen-bond donors (Lipinski definition) is 0. The standard InChI is InChI=1S/C21H12Br2O2/c22-14-5-1-12-3-7-18-20(16(12)9-14)21-17-10-15(23)6-2-13(17)4-8-19(21)25-11-24-18/h1-10H,11H2. The Bertz CT molecular complexity index is 1060. The van der Waals surface area contributed by atoms with E-state index in [-0.39, 0.29) is 6.79 Å². The van der Waals surface area contributed by atoms with E-state index in [1.54, 1.807) is 0 Å². The van der Waals surface area contributed by atoms with Crippen LogP contribution in [0.15, 0.2) is 69.6 Å². The Morgan fingerprint density at radius 3 is 1.52 bits per heavy atom. The molecular weight excluding hydrogens is 444 g/mol. The lowest BCUT2D eigenvalue weighted by molar-refractivity contribution is 0.125. The molecule has 0 spiro atoms. The van der Waals surface area contributed by atoms with E-state index in [2.05, 4.69) is 80.4 Å². The summed E-state index contributed by atoms with van der Waals surface area (Å²) in [6.07, 6.45) is 0. The van der Waals surface area contributed by atoms with Gasteiger partial charge in [0.05, 0.1) is 0 Å². The Morgan fingerprint density at radius 1 is 0.600 bits per heavy atom. The Hall–Kier alpha value is -2.04. The predicted octanol–water partition coefficient (Wildman–Crippen LogP) is 6.91. The quantitative estimate of drug-likeness (QED) is 0.286. The van der Waals surface area contributed by atoms with Gasteiger partial charge >= 0.3 is 0 Å². The normalized spacial score (nSPS) is 12.9. The maximum atomic E-state index is 5.91. The molecular formula is C21H12Br2O2. The number of halogens is 2. The Balaban J connectivity index is 2.00. The Kier molecular flexibility index (Phi) is 3.50. The predicted molar refractivity (Wildman–Crippen MR) is 108 cm³/mol. The van der Waals surface area contributed by atoms with E-state index in [1.165, 1.54) is 10.8 Å². The van der Waals surface area contributed by atoms with Gasteiger partial charge in [-0.05, 0) is 57.9 Å². The first-order valence-corrected chi connectivity index (χ1v) is 9.50. The van der Waals surface area contributed by atoms with E-state index in [1.807, 2.05) is 12.1 Å². The molecule has 1 aliphatic heterocycles. The molecule has 25 heavy (non-hydrogen) atoms. The summed E-state index contributed by atoms with van der Waals surface area (Å²) in [7, 11) is 0. The molecule has 0 saturated heterocycles. The van der Waals surface area contributed by atoms with Crippen molar-refractivity contribution < 1.29 is 9.47 Å². The number of ether oxygens (including phenoxy) is 2. The highest BCUT2D eigenvalue weighted by molar-refractivity contribution is 9.10. The van der Waals surface area contributed by atoms with Crippen molar-refractivity contribution >= 4 is 53.4 Å².